The summed E-state index contributed by atoms with van der Waals surface area (Å²) in [5, 5.41) is 5.90. The standard InChI is InChI=1S/C22H23N3O2/c1-2-3-4-5-12-23-17-19-9-6-11-21(16-19)27-15-8-14-25-22(26)20-10-7-13-24-18-20/h1,6-7,9-11,13,16,18,23H,3-4,8,14-15,17H2,(H,25,26). The molecule has 1 aromatic heterocycles. The molecule has 138 valence electrons. The summed E-state index contributed by atoms with van der Waals surface area (Å²) < 4.78 is 5.74. The van der Waals surface area contributed by atoms with Gasteiger partial charge in [-0.15, -0.1) is 12.3 Å². The first kappa shape index (κ1) is 19.9. The van der Waals surface area contributed by atoms with Crippen molar-refractivity contribution in [2.24, 2.45) is 0 Å². The summed E-state index contributed by atoms with van der Waals surface area (Å²) in [5.41, 5.74) is 1.64. The van der Waals surface area contributed by atoms with Crippen molar-refractivity contribution in [3.05, 3.63) is 59.9 Å². The van der Waals surface area contributed by atoms with Crippen LogP contribution in [0, 0.1) is 24.3 Å². The van der Waals surface area contributed by atoms with E-state index < -0.39 is 0 Å². The molecule has 1 heterocycles. The van der Waals surface area contributed by atoms with Gasteiger partial charge in [-0.1, -0.05) is 18.1 Å². The second kappa shape index (κ2) is 12.0. The number of aromatic nitrogens is 1. The van der Waals surface area contributed by atoms with E-state index in [1.165, 1.54) is 0 Å². The van der Waals surface area contributed by atoms with E-state index in [2.05, 4.69) is 33.5 Å². The predicted molar refractivity (Wildman–Crippen MR) is 106 cm³/mol. The molecule has 0 aliphatic carbocycles. The molecule has 0 radical (unpaired) electrons. The van der Waals surface area contributed by atoms with Crippen molar-refractivity contribution in [3.8, 4) is 30.1 Å². The van der Waals surface area contributed by atoms with Gasteiger partial charge in [0.05, 0.1) is 12.2 Å². The Kier molecular flexibility index (Phi) is 8.84. The van der Waals surface area contributed by atoms with Crippen molar-refractivity contribution in [1.82, 2.24) is 15.6 Å². The van der Waals surface area contributed by atoms with Crippen molar-refractivity contribution in [3.63, 3.8) is 0 Å². The van der Waals surface area contributed by atoms with Crippen molar-refractivity contribution >= 4 is 5.91 Å². The molecule has 0 saturated heterocycles. The van der Waals surface area contributed by atoms with Crippen molar-refractivity contribution in [1.29, 1.82) is 0 Å². The summed E-state index contributed by atoms with van der Waals surface area (Å²) in [6.07, 6.45) is 10.4. The predicted octanol–water partition coefficient (Wildman–Crippen LogP) is 2.74. The Morgan fingerprint density at radius 3 is 2.96 bits per heavy atom. The SMILES string of the molecule is C#CCCC#CNCc1cccc(OCCCNC(=O)c2cccnc2)c1. The largest absolute Gasteiger partial charge is 0.494 e. The van der Waals surface area contributed by atoms with E-state index in [9.17, 15) is 4.79 Å². The average molecular weight is 361 g/mol. The van der Waals surface area contributed by atoms with E-state index in [4.69, 9.17) is 11.2 Å². The van der Waals surface area contributed by atoms with Gasteiger partial charge in [-0.25, -0.2) is 0 Å². The lowest BCUT2D eigenvalue weighted by Crippen LogP contribution is -2.25. The van der Waals surface area contributed by atoms with E-state index >= 15 is 0 Å². The molecule has 2 N–H and O–H groups in total. The minimum absolute atomic E-state index is 0.125. The maximum Gasteiger partial charge on any atom is 0.252 e. The first-order chi connectivity index (χ1) is 13.3. The van der Waals surface area contributed by atoms with Gasteiger partial charge in [0.1, 0.15) is 5.75 Å². The molecule has 0 spiro atoms. The van der Waals surface area contributed by atoms with Gasteiger partial charge in [0.15, 0.2) is 0 Å². The molecule has 5 nitrogen and oxygen atoms in total. The minimum atomic E-state index is -0.125. The van der Waals surface area contributed by atoms with Crippen LogP contribution in [0.2, 0.25) is 0 Å². The van der Waals surface area contributed by atoms with Gasteiger partial charge in [0, 0.05) is 44.4 Å². The van der Waals surface area contributed by atoms with Gasteiger partial charge in [0.25, 0.3) is 5.91 Å². The van der Waals surface area contributed by atoms with Crippen LogP contribution in [0.25, 0.3) is 0 Å². The Labute approximate surface area is 160 Å². The van der Waals surface area contributed by atoms with E-state index in [1.807, 2.05) is 24.3 Å². The normalized spacial score (nSPS) is 9.44. The molecule has 0 aliphatic rings. The van der Waals surface area contributed by atoms with E-state index in [1.54, 1.807) is 24.5 Å². The number of hydrogen-bond acceptors (Lipinski definition) is 4. The van der Waals surface area contributed by atoms with E-state index in [-0.39, 0.29) is 5.91 Å². The molecule has 5 heteroatoms. The Morgan fingerprint density at radius 2 is 2.15 bits per heavy atom. The Balaban J connectivity index is 1.65. The van der Waals surface area contributed by atoms with Gasteiger partial charge in [-0.2, -0.15) is 0 Å². The van der Waals surface area contributed by atoms with Gasteiger partial charge in [-0.3, -0.25) is 9.78 Å². The number of hydrogen-bond donors (Lipinski definition) is 2. The second-order valence-electron chi connectivity index (χ2n) is 5.71. The molecule has 2 aromatic rings. The third-order valence-corrected chi connectivity index (χ3v) is 3.56. The molecule has 0 atom stereocenters. The van der Waals surface area contributed by atoms with Crippen LogP contribution in [0.5, 0.6) is 5.75 Å². The fraction of sp³-hybridized carbons (Fsp3) is 0.273. The smallest absolute Gasteiger partial charge is 0.252 e. The van der Waals surface area contributed by atoms with Gasteiger partial charge in [-0.05, 0) is 36.2 Å². The van der Waals surface area contributed by atoms with Gasteiger partial charge >= 0.3 is 0 Å². The number of nitrogens with one attached hydrogen (secondary N) is 2. The van der Waals surface area contributed by atoms with Crippen LogP contribution in [-0.4, -0.2) is 24.0 Å². The molecular formula is C22H23N3O2. The molecule has 0 bridgehead atoms. The summed E-state index contributed by atoms with van der Waals surface area (Å²) >= 11 is 0. The molecule has 1 amide bonds. The number of unbranched alkanes of at least 4 members (excludes halogenated alkanes) is 1. The van der Waals surface area contributed by atoms with Crippen LogP contribution in [0.15, 0.2) is 48.8 Å². The number of carbonyl (C=O) groups excluding carboxylic acids is 1. The van der Waals surface area contributed by atoms with E-state index in [0.29, 0.717) is 38.1 Å². The average Bonchev–Trinajstić information content (AvgIpc) is 2.71. The number of nitrogens with zero attached hydrogens (tertiary/aromatic N) is 1. The van der Waals surface area contributed by atoms with Crippen LogP contribution in [-0.2, 0) is 6.54 Å². The highest BCUT2D eigenvalue weighted by atomic mass is 16.5. The van der Waals surface area contributed by atoms with Crippen LogP contribution >= 0.6 is 0 Å². The Bertz CT molecular complexity index is 817. The van der Waals surface area contributed by atoms with Gasteiger partial charge < -0.3 is 15.4 Å². The number of carbonyl (C=O) groups is 1. The quantitative estimate of drug-likeness (QED) is 0.410. The van der Waals surface area contributed by atoms with Crippen molar-refractivity contribution in [2.45, 2.75) is 25.8 Å². The first-order valence-electron chi connectivity index (χ1n) is 8.84. The second-order valence-corrected chi connectivity index (χ2v) is 5.71. The minimum Gasteiger partial charge on any atom is -0.494 e. The Hall–Kier alpha value is -3.44. The molecule has 0 unspecified atom stereocenters. The third-order valence-electron chi connectivity index (χ3n) is 3.56. The zero-order valence-electron chi connectivity index (χ0n) is 15.2. The lowest BCUT2D eigenvalue weighted by molar-refractivity contribution is 0.0951. The zero-order valence-corrected chi connectivity index (χ0v) is 15.2. The van der Waals surface area contributed by atoms with Crippen LogP contribution in [0.4, 0.5) is 0 Å². The monoisotopic (exact) mass is 361 g/mol. The molecule has 0 aliphatic heterocycles. The Morgan fingerprint density at radius 1 is 1.22 bits per heavy atom. The van der Waals surface area contributed by atoms with Crippen LogP contribution < -0.4 is 15.4 Å². The fourth-order valence-corrected chi connectivity index (χ4v) is 2.21. The maximum atomic E-state index is 11.9. The number of terminal acetylenes is 1. The molecule has 27 heavy (non-hydrogen) atoms. The highest BCUT2D eigenvalue weighted by molar-refractivity contribution is 5.93. The first-order valence-corrected chi connectivity index (χ1v) is 8.84. The number of benzene rings is 1. The number of ether oxygens (including phenoxy) is 1. The van der Waals surface area contributed by atoms with E-state index in [0.717, 1.165) is 17.7 Å². The lowest BCUT2D eigenvalue weighted by atomic mass is 10.2. The van der Waals surface area contributed by atoms with Gasteiger partial charge in [0.2, 0.25) is 0 Å². The summed E-state index contributed by atoms with van der Waals surface area (Å²) in [6.45, 7) is 1.71. The molecule has 0 fully saturated rings. The highest BCUT2D eigenvalue weighted by Crippen LogP contribution is 2.13. The van der Waals surface area contributed by atoms with Crippen molar-refractivity contribution in [2.75, 3.05) is 13.2 Å². The molecule has 0 saturated carbocycles. The maximum absolute atomic E-state index is 11.9. The molecular weight excluding hydrogens is 338 g/mol. The highest BCUT2D eigenvalue weighted by Gasteiger charge is 2.03. The fourth-order valence-electron chi connectivity index (χ4n) is 2.21. The number of rotatable bonds is 9. The summed E-state index contributed by atoms with van der Waals surface area (Å²) in [5.74, 6) is 6.19. The van der Waals surface area contributed by atoms with Crippen molar-refractivity contribution < 1.29 is 9.53 Å². The summed E-state index contributed by atoms with van der Waals surface area (Å²) in [4.78, 5) is 15.8. The number of amides is 1. The summed E-state index contributed by atoms with van der Waals surface area (Å²) in [6, 6.07) is 14.2. The van der Waals surface area contributed by atoms with Crippen LogP contribution in [0.1, 0.15) is 35.2 Å². The third kappa shape index (κ3) is 7.98. The lowest BCUT2D eigenvalue weighted by Gasteiger charge is -2.09. The van der Waals surface area contributed by atoms with Crippen LogP contribution in [0.3, 0.4) is 0 Å². The topological polar surface area (TPSA) is 63.2 Å². The molecule has 1 aromatic carbocycles. The molecule has 2 rings (SSSR count). The zero-order chi connectivity index (χ0) is 19.2. The summed E-state index contributed by atoms with van der Waals surface area (Å²) in [7, 11) is 0. The number of pyridine rings is 1.